The molecule has 0 aliphatic heterocycles. The zero-order chi connectivity index (χ0) is 13.3. The maximum absolute atomic E-state index is 5.75. The molecule has 1 saturated carbocycles. The Morgan fingerprint density at radius 1 is 1.39 bits per heavy atom. The van der Waals surface area contributed by atoms with E-state index in [1.165, 1.54) is 6.42 Å². The molecule has 2 rings (SSSR count). The Labute approximate surface area is 109 Å². The zero-order valence-electron chi connectivity index (χ0n) is 11.9. The van der Waals surface area contributed by atoms with Crippen LogP contribution in [-0.4, -0.2) is 16.2 Å². The van der Waals surface area contributed by atoms with Gasteiger partial charge in [-0.1, -0.05) is 32.3 Å². The minimum atomic E-state index is 0.280. The van der Waals surface area contributed by atoms with Gasteiger partial charge >= 0.3 is 0 Å². The molecule has 1 aromatic heterocycles. The second-order valence-corrected chi connectivity index (χ2v) is 6.55. The summed E-state index contributed by atoms with van der Waals surface area (Å²) in [5.41, 5.74) is 6.11. The van der Waals surface area contributed by atoms with E-state index in [1.807, 2.05) is 6.92 Å². The third-order valence-electron chi connectivity index (χ3n) is 4.00. The lowest BCUT2D eigenvalue weighted by Gasteiger charge is -2.07. The van der Waals surface area contributed by atoms with Crippen molar-refractivity contribution in [3.63, 3.8) is 0 Å². The van der Waals surface area contributed by atoms with Gasteiger partial charge in [-0.2, -0.15) is 4.98 Å². The minimum Gasteiger partial charge on any atom is -0.339 e. The van der Waals surface area contributed by atoms with E-state index >= 15 is 0 Å². The highest BCUT2D eigenvalue weighted by Crippen LogP contribution is 2.57. The van der Waals surface area contributed by atoms with Crippen LogP contribution in [0.4, 0.5) is 0 Å². The highest BCUT2D eigenvalue weighted by molar-refractivity contribution is 5.14. The summed E-state index contributed by atoms with van der Waals surface area (Å²) in [6.45, 7) is 8.70. The van der Waals surface area contributed by atoms with Crippen molar-refractivity contribution >= 4 is 0 Å². The quantitative estimate of drug-likeness (QED) is 0.843. The Morgan fingerprint density at radius 2 is 2.06 bits per heavy atom. The van der Waals surface area contributed by atoms with Crippen molar-refractivity contribution in [2.24, 2.45) is 11.1 Å². The Hall–Kier alpha value is -0.900. The molecule has 0 radical (unpaired) electrons. The van der Waals surface area contributed by atoms with Gasteiger partial charge in [0.15, 0.2) is 5.82 Å². The van der Waals surface area contributed by atoms with Crippen LogP contribution in [0.5, 0.6) is 0 Å². The van der Waals surface area contributed by atoms with Crippen LogP contribution < -0.4 is 5.73 Å². The average molecular weight is 251 g/mol. The van der Waals surface area contributed by atoms with Crippen molar-refractivity contribution in [1.29, 1.82) is 0 Å². The summed E-state index contributed by atoms with van der Waals surface area (Å²) in [4.78, 5) is 4.56. The first kappa shape index (κ1) is 13.5. The first-order valence-corrected chi connectivity index (χ1v) is 6.99. The van der Waals surface area contributed by atoms with Crippen LogP contribution in [-0.2, 0) is 0 Å². The van der Waals surface area contributed by atoms with E-state index in [-0.39, 0.29) is 6.04 Å². The van der Waals surface area contributed by atoms with Crippen LogP contribution in [0.15, 0.2) is 4.52 Å². The topological polar surface area (TPSA) is 64.9 Å². The second-order valence-electron chi connectivity index (χ2n) is 6.55. The van der Waals surface area contributed by atoms with E-state index in [2.05, 4.69) is 30.9 Å². The lowest BCUT2D eigenvalue weighted by molar-refractivity contribution is 0.345. The van der Waals surface area contributed by atoms with E-state index in [9.17, 15) is 0 Å². The lowest BCUT2D eigenvalue weighted by atomic mass is 10.0. The second kappa shape index (κ2) is 5.00. The van der Waals surface area contributed by atoms with Gasteiger partial charge in [-0.05, 0) is 31.6 Å². The van der Waals surface area contributed by atoms with Crippen molar-refractivity contribution < 1.29 is 4.52 Å². The van der Waals surface area contributed by atoms with Crippen molar-refractivity contribution in [2.75, 3.05) is 0 Å². The standard InChI is InChI=1S/C14H25N3O/c1-9(6-5-7-10(2)15)13-16-12(17-18-13)11-8-14(11,3)4/h9-11H,5-8,15H2,1-4H3. The first-order chi connectivity index (χ1) is 8.40. The Bertz CT molecular complexity index is 397. The Morgan fingerprint density at radius 3 is 2.61 bits per heavy atom. The van der Waals surface area contributed by atoms with Crippen molar-refractivity contribution in [1.82, 2.24) is 10.1 Å². The monoisotopic (exact) mass is 251 g/mol. The van der Waals surface area contributed by atoms with E-state index in [0.29, 0.717) is 17.3 Å². The molecule has 1 heterocycles. The van der Waals surface area contributed by atoms with Gasteiger partial charge in [0.05, 0.1) is 0 Å². The van der Waals surface area contributed by atoms with Crippen molar-refractivity contribution in [3.05, 3.63) is 11.7 Å². The molecule has 1 aliphatic carbocycles. The predicted molar refractivity (Wildman–Crippen MR) is 71.4 cm³/mol. The fourth-order valence-corrected chi connectivity index (χ4v) is 2.37. The molecule has 3 atom stereocenters. The van der Waals surface area contributed by atoms with Gasteiger partial charge in [0.2, 0.25) is 5.89 Å². The molecule has 102 valence electrons. The van der Waals surface area contributed by atoms with Crippen LogP contribution in [0.1, 0.15) is 76.9 Å². The number of aromatic nitrogens is 2. The van der Waals surface area contributed by atoms with Crippen LogP contribution in [0.25, 0.3) is 0 Å². The van der Waals surface area contributed by atoms with E-state index < -0.39 is 0 Å². The molecular weight excluding hydrogens is 226 g/mol. The van der Waals surface area contributed by atoms with Gasteiger partial charge in [-0.25, -0.2) is 0 Å². The van der Waals surface area contributed by atoms with Gasteiger partial charge < -0.3 is 10.3 Å². The van der Waals surface area contributed by atoms with Crippen molar-refractivity contribution in [3.8, 4) is 0 Å². The minimum absolute atomic E-state index is 0.280. The summed E-state index contributed by atoms with van der Waals surface area (Å²) >= 11 is 0. The molecule has 1 fully saturated rings. The van der Waals surface area contributed by atoms with E-state index in [4.69, 9.17) is 10.3 Å². The molecule has 0 spiro atoms. The van der Waals surface area contributed by atoms with Crippen LogP contribution >= 0.6 is 0 Å². The summed E-state index contributed by atoms with van der Waals surface area (Å²) in [7, 11) is 0. The smallest absolute Gasteiger partial charge is 0.229 e. The van der Waals surface area contributed by atoms with E-state index in [0.717, 1.165) is 31.0 Å². The molecule has 18 heavy (non-hydrogen) atoms. The van der Waals surface area contributed by atoms with E-state index in [1.54, 1.807) is 0 Å². The predicted octanol–water partition coefficient (Wildman–Crippen LogP) is 3.20. The summed E-state index contributed by atoms with van der Waals surface area (Å²) in [6.07, 6.45) is 4.41. The first-order valence-electron chi connectivity index (χ1n) is 6.99. The zero-order valence-corrected chi connectivity index (χ0v) is 11.9. The molecule has 1 aromatic rings. The molecule has 0 bridgehead atoms. The van der Waals surface area contributed by atoms with Crippen LogP contribution in [0.3, 0.4) is 0 Å². The Balaban J connectivity index is 1.86. The molecular formula is C14H25N3O. The molecule has 3 unspecified atom stereocenters. The molecule has 4 nitrogen and oxygen atoms in total. The largest absolute Gasteiger partial charge is 0.339 e. The van der Waals surface area contributed by atoms with Gasteiger partial charge in [-0.3, -0.25) is 0 Å². The average Bonchev–Trinajstić information content (AvgIpc) is 2.75. The number of rotatable bonds is 6. The number of nitrogens with two attached hydrogens (primary N) is 1. The van der Waals surface area contributed by atoms with Crippen molar-refractivity contribution in [2.45, 2.75) is 71.3 Å². The third kappa shape index (κ3) is 3.10. The van der Waals surface area contributed by atoms with Crippen LogP contribution in [0, 0.1) is 5.41 Å². The highest BCUT2D eigenvalue weighted by atomic mass is 16.5. The fourth-order valence-electron chi connectivity index (χ4n) is 2.37. The Kier molecular flexibility index (Phi) is 3.76. The molecule has 2 N–H and O–H groups in total. The summed E-state index contributed by atoms with van der Waals surface area (Å²) < 4.78 is 5.39. The maximum atomic E-state index is 5.75. The molecule has 0 amide bonds. The summed E-state index contributed by atoms with van der Waals surface area (Å²) in [5, 5.41) is 4.13. The maximum Gasteiger partial charge on any atom is 0.229 e. The van der Waals surface area contributed by atoms with Crippen LogP contribution in [0.2, 0.25) is 0 Å². The number of nitrogens with zero attached hydrogens (tertiary/aromatic N) is 2. The molecule has 0 aromatic carbocycles. The highest BCUT2D eigenvalue weighted by Gasteiger charge is 2.49. The normalized spacial score (nSPS) is 24.8. The van der Waals surface area contributed by atoms with Gasteiger partial charge in [0.1, 0.15) is 0 Å². The molecule has 4 heteroatoms. The molecule has 0 saturated heterocycles. The summed E-state index contributed by atoms with van der Waals surface area (Å²) in [5.74, 6) is 2.52. The summed E-state index contributed by atoms with van der Waals surface area (Å²) in [6, 6.07) is 0.280. The fraction of sp³-hybridized carbons (Fsp3) is 0.857. The molecule has 1 aliphatic rings. The number of hydrogen-bond acceptors (Lipinski definition) is 4. The van der Waals surface area contributed by atoms with Gasteiger partial charge in [0, 0.05) is 17.9 Å². The van der Waals surface area contributed by atoms with Gasteiger partial charge in [0.25, 0.3) is 0 Å². The number of hydrogen-bond donors (Lipinski definition) is 1. The van der Waals surface area contributed by atoms with Gasteiger partial charge in [-0.15, -0.1) is 0 Å². The lowest BCUT2D eigenvalue weighted by Crippen LogP contribution is -2.14. The SMILES string of the molecule is CC(N)CCCC(C)c1nc(C2CC2(C)C)no1. The third-order valence-corrected chi connectivity index (χ3v) is 4.00.